The van der Waals surface area contributed by atoms with E-state index in [1.165, 1.54) is 12.1 Å². The predicted molar refractivity (Wildman–Crippen MR) is 72.9 cm³/mol. The largest absolute Gasteiger partial charge is 0.338 e. The van der Waals surface area contributed by atoms with Gasteiger partial charge >= 0.3 is 0 Å². The number of rotatable bonds is 2. The Morgan fingerprint density at radius 3 is 2.85 bits per heavy atom. The van der Waals surface area contributed by atoms with Crippen molar-refractivity contribution >= 4 is 16.7 Å². The van der Waals surface area contributed by atoms with Crippen molar-refractivity contribution in [3.63, 3.8) is 0 Å². The van der Waals surface area contributed by atoms with Gasteiger partial charge in [0.15, 0.2) is 0 Å². The Morgan fingerprint density at radius 2 is 2.10 bits per heavy atom. The van der Waals surface area contributed by atoms with Crippen molar-refractivity contribution in [1.82, 2.24) is 9.97 Å². The lowest BCUT2D eigenvalue weighted by molar-refractivity contribution is -0.384. The van der Waals surface area contributed by atoms with Crippen LogP contribution in [0, 0.1) is 21.4 Å². The van der Waals surface area contributed by atoms with Gasteiger partial charge in [-0.05, 0) is 18.2 Å². The number of fused-ring (bicyclic) bond motifs is 1. The number of hydrogen-bond acceptors (Lipinski definition) is 4. The Labute approximate surface area is 113 Å². The van der Waals surface area contributed by atoms with Gasteiger partial charge in [0.1, 0.15) is 5.82 Å². The molecular formula is C14H8N4O2. The molecule has 6 heteroatoms. The first kappa shape index (κ1) is 11.9. The van der Waals surface area contributed by atoms with Crippen LogP contribution < -0.4 is 0 Å². The van der Waals surface area contributed by atoms with Gasteiger partial charge in [-0.15, -0.1) is 0 Å². The van der Waals surface area contributed by atoms with Crippen molar-refractivity contribution in [2.75, 3.05) is 0 Å². The smallest absolute Gasteiger partial charge is 0.271 e. The standard InChI is InChI=1S/C14H8N4O2/c15-8-9-2-1-3-10(6-9)14-16-12-5-4-11(18(19)20)7-13(12)17-14/h1-7H,(H,16,17). The molecule has 0 spiro atoms. The third-order valence-corrected chi connectivity index (χ3v) is 2.94. The lowest BCUT2D eigenvalue weighted by atomic mass is 10.1. The fraction of sp³-hybridized carbons (Fsp3) is 0. The van der Waals surface area contributed by atoms with Crippen molar-refractivity contribution in [2.45, 2.75) is 0 Å². The molecule has 0 saturated heterocycles. The number of non-ortho nitro benzene ring substituents is 1. The maximum absolute atomic E-state index is 10.7. The van der Waals surface area contributed by atoms with E-state index in [1.807, 2.05) is 6.07 Å². The molecule has 0 aliphatic heterocycles. The lowest BCUT2D eigenvalue weighted by Gasteiger charge is -1.96. The molecule has 0 aliphatic carbocycles. The van der Waals surface area contributed by atoms with Crippen LogP contribution in [-0.2, 0) is 0 Å². The van der Waals surface area contributed by atoms with E-state index in [-0.39, 0.29) is 5.69 Å². The molecule has 0 saturated carbocycles. The molecule has 0 aliphatic rings. The molecule has 2 aromatic carbocycles. The number of benzene rings is 2. The topological polar surface area (TPSA) is 95.6 Å². The fourth-order valence-electron chi connectivity index (χ4n) is 1.98. The van der Waals surface area contributed by atoms with E-state index in [0.717, 1.165) is 5.56 Å². The molecule has 20 heavy (non-hydrogen) atoms. The van der Waals surface area contributed by atoms with E-state index in [4.69, 9.17) is 5.26 Å². The van der Waals surface area contributed by atoms with E-state index in [2.05, 4.69) is 16.0 Å². The zero-order valence-electron chi connectivity index (χ0n) is 10.2. The quantitative estimate of drug-likeness (QED) is 0.568. The predicted octanol–water partition coefficient (Wildman–Crippen LogP) is 3.01. The molecule has 1 heterocycles. The van der Waals surface area contributed by atoms with Gasteiger partial charge in [-0.25, -0.2) is 4.98 Å². The van der Waals surface area contributed by atoms with Gasteiger partial charge in [0.25, 0.3) is 5.69 Å². The Hall–Kier alpha value is -3.20. The molecule has 6 nitrogen and oxygen atoms in total. The van der Waals surface area contributed by atoms with Gasteiger partial charge in [0, 0.05) is 17.7 Å². The molecule has 3 aromatic rings. The number of H-pyrrole nitrogens is 1. The minimum absolute atomic E-state index is 0.0125. The van der Waals surface area contributed by atoms with Gasteiger partial charge in [0.2, 0.25) is 0 Å². The molecule has 0 unspecified atom stereocenters. The van der Waals surface area contributed by atoms with E-state index >= 15 is 0 Å². The maximum atomic E-state index is 10.7. The summed E-state index contributed by atoms with van der Waals surface area (Å²) < 4.78 is 0. The highest BCUT2D eigenvalue weighted by Crippen LogP contribution is 2.24. The monoisotopic (exact) mass is 264 g/mol. The third kappa shape index (κ3) is 1.97. The summed E-state index contributed by atoms with van der Waals surface area (Å²) in [6.07, 6.45) is 0. The molecule has 1 N–H and O–H groups in total. The fourth-order valence-corrected chi connectivity index (χ4v) is 1.98. The minimum atomic E-state index is -0.448. The lowest BCUT2D eigenvalue weighted by Crippen LogP contribution is -1.86. The minimum Gasteiger partial charge on any atom is -0.338 e. The summed E-state index contributed by atoms with van der Waals surface area (Å²) in [6.45, 7) is 0. The molecule has 1 aromatic heterocycles. The van der Waals surface area contributed by atoms with Crippen molar-refractivity contribution in [3.05, 3.63) is 58.1 Å². The molecular weight excluding hydrogens is 256 g/mol. The Bertz CT molecular complexity index is 861. The van der Waals surface area contributed by atoms with Crippen molar-refractivity contribution in [3.8, 4) is 17.5 Å². The zero-order valence-corrected chi connectivity index (χ0v) is 10.2. The third-order valence-electron chi connectivity index (χ3n) is 2.94. The van der Waals surface area contributed by atoms with Crippen LogP contribution in [0.5, 0.6) is 0 Å². The first-order valence-electron chi connectivity index (χ1n) is 5.82. The van der Waals surface area contributed by atoms with Gasteiger partial charge < -0.3 is 4.98 Å². The summed E-state index contributed by atoms with van der Waals surface area (Å²) >= 11 is 0. The first-order chi connectivity index (χ1) is 9.67. The Morgan fingerprint density at radius 1 is 1.25 bits per heavy atom. The van der Waals surface area contributed by atoms with Crippen molar-refractivity contribution in [2.24, 2.45) is 0 Å². The number of nitro groups is 1. The van der Waals surface area contributed by atoms with Crippen LogP contribution in [0.25, 0.3) is 22.4 Å². The molecule has 3 rings (SSSR count). The number of imidazole rings is 1. The molecule has 0 amide bonds. The average Bonchev–Trinajstić information content (AvgIpc) is 2.90. The number of hydrogen-bond donors (Lipinski definition) is 1. The average molecular weight is 264 g/mol. The van der Waals surface area contributed by atoms with E-state index in [1.54, 1.807) is 24.3 Å². The Balaban J connectivity index is 2.13. The highest BCUT2D eigenvalue weighted by molar-refractivity contribution is 5.81. The second-order valence-corrected chi connectivity index (χ2v) is 4.24. The SMILES string of the molecule is N#Cc1cccc(-c2nc3ccc([N+](=O)[O-])cc3[nH]2)c1. The van der Waals surface area contributed by atoms with Crippen LogP contribution in [-0.4, -0.2) is 14.9 Å². The van der Waals surface area contributed by atoms with Crippen LogP contribution in [0.15, 0.2) is 42.5 Å². The van der Waals surface area contributed by atoms with Crippen molar-refractivity contribution < 1.29 is 4.92 Å². The second-order valence-electron chi connectivity index (χ2n) is 4.24. The van der Waals surface area contributed by atoms with Crippen LogP contribution in [0.4, 0.5) is 5.69 Å². The summed E-state index contributed by atoms with van der Waals surface area (Å²) in [5.74, 6) is 0.581. The van der Waals surface area contributed by atoms with Crippen LogP contribution in [0.1, 0.15) is 5.56 Å². The van der Waals surface area contributed by atoms with E-state index in [9.17, 15) is 10.1 Å². The van der Waals surface area contributed by atoms with Gasteiger partial charge in [-0.1, -0.05) is 12.1 Å². The van der Waals surface area contributed by atoms with E-state index in [0.29, 0.717) is 22.4 Å². The van der Waals surface area contributed by atoms with Gasteiger partial charge in [-0.3, -0.25) is 10.1 Å². The molecule has 0 radical (unpaired) electrons. The van der Waals surface area contributed by atoms with E-state index < -0.39 is 4.92 Å². The zero-order chi connectivity index (χ0) is 14.1. The van der Waals surface area contributed by atoms with Crippen LogP contribution in [0.3, 0.4) is 0 Å². The number of nitrogens with one attached hydrogen (secondary N) is 1. The molecule has 0 fully saturated rings. The number of nitriles is 1. The number of aromatic amines is 1. The molecule has 0 atom stereocenters. The Kier molecular flexibility index (Phi) is 2.66. The molecule has 96 valence electrons. The highest BCUT2D eigenvalue weighted by Gasteiger charge is 2.10. The van der Waals surface area contributed by atoms with Crippen LogP contribution in [0.2, 0.25) is 0 Å². The van der Waals surface area contributed by atoms with Gasteiger partial charge in [-0.2, -0.15) is 5.26 Å². The molecule has 0 bridgehead atoms. The second kappa shape index (κ2) is 4.48. The normalized spacial score (nSPS) is 10.3. The highest BCUT2D eigenvalue weighted by atomic mass is 16.6. The number of nitrogens with zero attached hydrogens (tertiary/aromatic N) is 3. The maximum Gasteiger partial charge on any atom is 0.271 e. The summed E-state index contributed by atoms with van der Waals surface area (Å²) in [5.41, 5.74) is 2.56. The van der Waals surface area contributed by atoms with Crippen molar-refractivity contribution in [1.29, 1.82) is 5.26 Å². The number of nitro benzene ring substituents is 1. The first-order valence-corrected chi connectivity index (χ1v) is 5.82. The van der Waals surface area contributed by atoms with Crippen LogP contribution >= 0.6 is 0 Å². The summed E-state index contributed by atoms with van der Waals surface area (Å²) in [4.78, 5) is 17.7. The van der Waals surface area contributed by atoms with Gasteiger partial charge in [0.05, 0.1) is 27.6 Å². The summed E-state index contributed by atoms with van der Waals surface area (Å²) in [6, 6.07) is 13.5. The summed E-state index contributed by atoms with van der Waals surface area (Å²) in [7, 11) is 0. The number of aromatic nitrogens is 2. The summed E-state index contributed by atoms with van der Waals surface area (Å²) in [5, 5.41) is 19.6.